The molecule has 1 fully saturated rings. The molecule has 4 rings (SSSR count). The number of esters is 1. The van der Waals surface area contributed by atoms with Crippen molar-refractivity contribution >= 4 is 55.3 Å². The summed E-state index contributed by atoms with van der Waals surface area (Å²) in [7, 11) is -6.64. The third kappa shape index (κ3) is 6.45. The lowest BCUT2D eigenvalue weighted by molar-refractivity contribution is 0.0600. The van der Waals surface area contributed by atoms with Crippen LogP contribution in [0.5, 0.6) is 0 Å². The first kappa shape index (κ1) is 28.3. The smallest absolute Gasteiger partial charge is 0.337 e. The highest BCUT2D eigenvalue weighted by Crippen LogP contribution is 2.29. The third-order valence-electron chi connectivity index (χ3n) is 5.98. The molecule has 1 aliphatic heterocycles. The highest BCUT2D eigenvalue weighted by Gasteiger charge is 2.40. The molecule has 1 saturated heterocycles. The number of halogens is 2. The standard InChI is InChI=1S/C26H24Cl2N2O6S2/c1-36-26(31)19-4-2-3-18(15-19)5-10-23-16-22(29-37(32,33)24-11-6-20(27)7-12-24)17-30(23)38(34,35)25-13-8-21(28)9-14-25/h2-15,22-23,29H,16-17H2,1H3/b10-5+/t22-,23-/m1/s1. The molecule has 1 N–H and O–H groups in total. The fraction of sp³-hybridized carbons (Fsp3) is 0.192. The van der Waals surface area contributed by atoms with Gasteiger partial charge in [-0.3, -0.25) is 0 Å². The number of carbonyl (C=O) groups is 1. The second-order valence-electron chi connectivity index (χ2n) is 8.58. The minimum absolute atomic E-state index is 0.0209. The summed E-state index contributed by atoms with van der Waals surface area (Å²) >= 11 is 11.8. The van der Waals surface area contributed by atoms with Gasteiger partial charge in [-0.1, -0.05) is 47.5 Å². The Labute approximate surface area is 231 Å². The minimum Gasteiger partial charge on any atom is -0.465 e. The van der Waals surface area contributed by atoms with Gasteiger partial charge >= 0.3 is 5.97 Å². The summed E-state index contributed by atoms with van der Waals surface area (Å²) in [4.78, 5) is 11.9. The Morgan fingerprint density at radius 2 is 1.55 bits per heavy atom. The van der Waals surface area contributed by atoms with Crippen molar-refractivity contribution in [2.24, 2.45) is 0 Å². The zero-order valence-electron chi connectivity index (χ0n) is 20.1. The van der Waals surface area contributed by atoms with Crippen molar-refractivity contribution in [3.8, 4) is 0 Å². The van der Waals surface area contributed by atoms with E-state index >= 15 is 0 Å². The van der Waals surface area contributed by atoms with E-state index in [0.717, 1.165) is 0 Å². The summed E-state index contributed by atoms with van der Waals surface area (Å²) in [6.07, 6.45) is 3.56. The van der Waals surface area contributed by atoms with Gasteiger partial charge in [-0.05, 0) is 72.6 Å². The quantitative estimate of drug-likeness (QED) is 0.381. The molecule has 0 aliphatic carbocycles. The van der Waals surface area contributed by atoms with Crippen LogP contribution in [0.3, 0.4) is 0 Å². The van der Waals surface area contributed by atoms with Gasteiger partial charge in [-0.15, -0.1) is 0 Å². The molecule has 2 atom stereocenters. The molecule has 0 unspecified atom stereocenters. The predicted octanol–water partition coefficient (Wildman–Crippen LogP) is 4.60. The number of hydrogen-bond acceptors (Lipinski definition) is 6. The van der Waals surface area contributed by atoms with Crippen LogP contribution in [0.4, 0.5) is 0 Å². The molecule has 1 aliphatic rings. The van der Waals surface area contributed by atoms with E-state index in [-0.39, 0.29) is 22.8 Å². The number of hydrogen-bond donors (Lipinski definition) is 1. The average molecular weight is 596 g/mol. The first-order chi connectivity index (χ1) is 18.0. The van der Waals surface area contributed by atoms with Gasteiger partial charge in [0.15, 0.2) is 0 Å². The van der Waals surface area contributed by atoms with Gasteiger partial charge in [0.2, 0.25) is 20.0 Å². The van der Waals surface area contributed by atoms with Gasteiger partial charge in [0.05, 0.1) is 22.5 Å². The van der Waals surface area contributed by atoms with Crippen molar-refractivity contribution in [3.05, 3.63) is 100 Å². The molecule has 200 valence electrons. The Morgan fingerprint density at radius 3 is 2.16 bits per heavy atom. The van der Waals surface area contributed by atoms with Crippen LogP contribution >= 0.6 is 23.2 Å². The van der Waals surface area contributed by atoms with E-state index in [2.05, 4.69) is 4.72 Å². The van der Waals surface area contributed by atoms with Crippen molar-refractivity contribution < 1.29 is 26.4 Å². The van der Waals surface area contributed by atoms with Crippen LogP contribution in [0.2, 0.25) is 10.0 Å². The van der Waals surface area contributed by atoms with Crippen LogP contribution < -0.4 is 4.72 Å². The molecule has 0 spiro atoms. The van der Waals surface area contributed by atoms with E-state index in [9.17, 15) is 21.6 Å². The Morgan fingerprint density at radius 1 is 0.947 bits per heavy atom. The highest BCUT2D eigenvalue weighted by molar-refractivity contribution is 7.89. The van der Waals surface area contributed by atoms with Crippen LogP contribution in [0.15, 0.2) is 88.7 Å². The van der Waals surface area contributed by atoms with Crippen molar-refractivity contribution in [3.63, 3.8) is 0 Å². The number of carbonyl (C=O) groups excluding carboxylic acids is 1. The third-order valence-corrected chi connectivity index (χ3v) is 9.93. The molecule has 0 amide bonds. The van der Waals surface area contributed by atoms with Gasteiger partial charge in [0, 0.05) is 28.7 Å². The summed E-state index contributed by atoms with van der Waals surface area (Å²) in [5.41, 5.74) is 1.00. The van der Waals surface area contributed by atoms with E-state index in [1.807, 2.05) is 0 Å². The number of benzene rings is 3. The maximum absolute atomic E-state index is 13.6. The molecule has 0 radical (unpaired) electrons. The number of rotatable bonds is 8. The summed E-state index contributed by atoms with van der Waals surface area (Å²) in [6.45, 7) is -0.0883. The summed E-state index contributed by atoms with van der Waals surface area (Å²) in [5.74, 6) is -0.496. The molecule has 3 aromatic carbocycles. The number of ether oxygens (including phenoxy) is 1. The second-order valence-corrected chi connectivity index (χ2v) is 13.1. The van der Waals surface area contributed by atoms with Crippen LogP contribution in [0, 0.1) is 0 Å². The number of methoxy groups -OCH3 is 1. The first-order valence-electron chi connectivity index (χ1n) is 11.4. The summed E-state index contributed by atoms with van der Waals surface area (Å²) < 4.78 is 61.7. The van der Waals surface area contributed by atoms with Crippen molar-refractivity contribution in [2.45, 2.75) is 28.3 Å². The fourth-order valence-corrected chi connectivity index (χ4v) is 7.26. The molecular formula is C26H24Cl2N2O6S2. The lowest BCUT2D eigenvalue weighted by atomic mass is 10.1. The molecular weight excluding hydrogens is 571 g/mol. The van der Waals surface area contributed by atoms with Crippen LogP contribution in [-0.2, 0) is 24.8 Å². The first-order valence-corrected chi connectivity index (χ1v) is 15.1. The van der Waals surface area contributed by atoms with Gasteiger partial charge in [0.1, 0.15) is 0 Å². The molecule has 12 heteroatoms. The monoisotopic (exact) mass is 594 g/mol. The normalized spacial score (nSPS) is 18.6. The minimum atomic E-state index is -4.00. The van der Waals surface area contributed by atoms with Crippen molar-refractivity contribution in [2.75, 3.05) is 13.7 Å². The molecule has 1 heterocycles. The SMILES string of the molecule is COC(=O)c1cccc(/C=C/[C@@H]2C[C@@H](NS(=O)(=O)c3ccc(Cl)cc3)CN2S(=O)(=O)c2ccc(Cl)cc2)c1. The molecule has 0 saturated carbocycles. The van der Waals surface area contributed by atoms with Gasteiger partial charge in [-0.2, -0.15) is 4.31 Å². The molecule has 0 aromatic heterocycles. The number of nitrogens with one attached hydrogen (secondary N) is 1. The molecule has 0 bridgehead atoms. The second kappa shape index (κ2) is 11.6. The highest BCUT2D eigenvalue weighted by atomic mass is 35.5. The Kier molecular flexibility index (Phi) is 8.61. The largest absolute Gasteiger partial charge is 0.465 e. The van der Waals surface area contributed by atoms with E-state index in [0.29, 0.717) is 21.2 Å². The van der Waals surface area contributed by atoms with Gasteiger partial charge in [0.25, 0.3) is 0 Å². The van der Waals surface area contributed by atoms with E-state index < -0.39 is 38.1 Å². The van der Waals surface area contributed by atoms with Crippen LogP contribution in [0.1, 0.15) is 22.3 Å². The maximum Gasteiger partial charge on any atom is 0.337 e. The maximum atomic E-state index is 13.6. The van der Waals surface area contributed by atoms with E-state index in [4.69, 9.17) is 27.9 Å². The lowest BCUT2D eigenvalue weighted by Gasteiger charge is -2.22. The number of nitrogens with zero attached hydrogens (tertiary/aromatic N) is 1. The number of sulfonamides is 2. The summed E-state index contributed by atoms with van der Waals surface area (Å²) in [6, 6.07) is 16.8. The summed E-state index contributed by atoms with van der Waals surface area (Å²) in [5, 5.41) is 0.785. The van der Waals surface area contributed by atoms with Crippen molar-refractivity contribution in [1.29, 1.82) is 0 Å². The molecule has 8 nitrogen and oxygen atoms in total. The Hall–Kier alpha value is -2.73. The predicted molar refractivity (Wildman–Crippen MR) is 146 cm³/mol. The topological polar surface area (TPSA) is 110 Å². The Balaban J connectivity index is 1.64. The average Bonchev–Trinajstić information content (AvgIpc) is 3.30. The van der Waals surface area contributed by atoms with E-state index in [1.165, 1.54) is 59.9 Å². The fourth-order valence-electron chi connectivity index (χ4n) is 4.13. The molecule has 38 heavy (non-hydrogen) atoms. The zero-order chi connectivity index (χ0) is 27.5. The van der Waals surface area contributed by atoms with Gasteiger partial charge < -0.3 is 4.74 Å². The molecule has 3 aromatic rings. The van der Waals surface area contributed by atoms with Crippen molar-refractivity contribution in [1.82, 2.24) is 9.03 Å². The zero-order valence-corrected chi connectivity index (χ0v) is 23.3. The van der Waals surface area contributed by atoms with Gasteiger partial charge in [-0.25, -0.2) is 26.4 Å². The van der Waals surface area contributed by atoms with Crippen LogP contribution in [-0.4, -0.2) is 52.8 Å². The van der Waals surface area contributed by atoms with Crippen LogP contribution in [0.25, 0.3) is 6.08 Å². The lowest BCUT2D eigenvalue weighted by Crippen LogP contribution is -2.39. The Bertz CT molecular complexity index is 1560. The van der Waals surface area contributed by atoms with E-state index in [1.54, 1.807) is 36.4 Å².